The maximum Gasteiger partial charge on any atom is 0.0561 e. The minimum absolute atomic E-state index is 0.140. The summed E-state index contributed by atoms with van der Waals surface area (Å²) in [5, 5.41) is 6.47. The molecular formula is C37H28N2. The highest BCUT2D eigenvalue weighted by atomic mass is 15.2. The van der Waals surface area contributed by atoms with Crippen LogP contribution in [-0.2, 0) is 5.41 Å². The highest BCUT2D eigenvalue weighted by Gasteiger charge is 2.37. The van der Waals surface area contributed by atoms with Crippen molar-refractivity contribution in [3.05, 3.63) is 142 Å². The molecule has 0 aromatic heterocycles. The lowest BCUT2D eigenvalue weighted by molar-refractivity contribution is 0.632. The number of rotatable bonds is 2. The Morgan fingerprint density at radius 2 is 1.59 bits per heavy atom. The second-order valence-electron chi connectivity index (χ2n) is 11.3. The number of para-hydroxylation sites is 1. The van der Waals surface area contributed by atoms with Crippen molar-refractivity contribution in [2.45, 2.75) is 31.7 Å². The molecule has 2 heteroatoms. The Morgan fingerprint density at radius 3 is 2.49 bits per heavy atom. The summed E-state index contributed by atoms with van der Waals surface area (Å²) in [6.45, 7) is 4.69. The molecule has 186 valence electrons. The second kappa shape index (κ2) is 8.13. The number of hydrogen-bond donors (Lipinski definition) is 1. The van der Waals surface area contributed by atoms with Crippen LogP contribution in [-0.4, -0.2) is 6.04 Å². The molecule has 39 heavy (non-hydrogen) atoms. The third-order valence-electron chi connectivity index (χ3n) is 8.77. The largest absolute Gasteiger partial charge is 0.377 e. The molecule has 2 aliphatic heterocycles. The van der Waals surface area contributed by atoms with Gasteiger partial charge in [0, 0.05) is 22.7 Å². The van der Waals surface area contributed by atoms with Crippen molar-refractivity contribution in [1.29, 1.82) is 0 Å². The Balaban J connectivity index is 1.31. The molecular weight excluding hydrogens is 472 g/mol. The van der Waals surface area contributed by atoms with E-state index in [0.717, 1.165) is 12.1 Å². The normalized spacial score (nSPS) is 17.4. The summed E-state index contributed by atoms with van der Waals surface area (Å²) in [5.41, 5.74) is 12.6. The maximum absolute atomic E-state index is 3.77. The predicted molar refractivity (Wildman–Crippen MR) is 161 cm³/mol. The van der Waals surface area contributed by atoms with Crippen LogP contribution in [0.2, 0.25) is 0 Å². The maximum atomic E-state index is 3.77. The average molecular weight is 501 g/mol. The third kappa shape index (κ3) is 3.23. The monoisotopic (exact) mass is 500 g/mol. The van der Waals surface area contributed by atoms with Crippen molar-refractivity contribution in [3.8, 4) is 11.1 Å². The van der Waals surface area contributed by atoms with Gasteiger partial charge in [-0.15, -0.1) is 0 Å². The van der Waals surface area contributed by atoms with Crippen LogP contribution in [0.3, 0.4) is 0 Å². The first-order chi connectivity index (χ1) is 19.1. The molecule has 0 radical (unpaired) electrons. The van der Waals surface area contributed by atoms with E-state index in [2.05, 4.69) is 133 Å². The molecule has 1 aliphatic carbocycles. The fraction of sp³-hybridized carbons (Fsp3) is 0.135. The minimum Gasteiger partial charge on any atom is -0.377 e. The zero-order valence-corrected chi connectivity index (χ0v) is 22.1. The second-order valence-corrected chi connectivity index (χ2v) is 11.3. The van der Waals surface area contributed by atoms with E-state index in [4.69, 9.17) is 0 Å². The summed E-state index contributed by atoms with van der Waals surface area (Å²) in [7, 11) is 0. The highest BCUT2D eigenvalue weighted by molar-refractivity contribution is 5.91. The SMILES string of the molecule is CC1(C)c2ccccc2N(c2cc#ccc2)c2ccc(-c3ccc4c(c3)C3=c5ccccc5=CCC3N4)cc21. The van der Waals surface area contributed by atoms with Gasteiger partial charge in [0.05, 0.1) is 23.1 Å². The third-order valence-corrected chi connectivity index (χ3v) is 8.77. The fourth-order valence-electron chi connectivity index (χ4n) is 6.83. The van der Waals surface area contributed by atoms with Gasteiger partial charge in [-0.25, -0.2) is 0 Å². The van der Waals surface area contributed by atoms with Gasteiger partial charge in [-0.1, -0.05) is 86.7 Å². The molecule has 3 aliphatic rings. The van der Waals surface area contributed by atoms with Crippen molar-refractivity contribution < 1.29 is 0 Å². The highest BCUT2D eigenvalue weighted by Crippen LogP contribution is 2.52. The Kier molecular flexibility index (Phi) is 4.64. The fourth-order valence-corrected chi connectivity index (χ4v) is 6.83. The van der Waals surface area contributed by atoms with Crippen molar-refractivity contribution in [1.82, 2.24) is 0 Å². The van der Waals surface area contributed by atoms with E-state index < -0.39 is 0 Å². The summed E-state index contributed by atoms with van der Waals surface area (Å²) in [4.78, 5) is 2.37. The molecule has 0 saturated carbocycles. The lowest BCUT2D eigenvalue weighted by Crippen LogP contribution is -2.35. The molecule has 1 atom stereocenters. The number of fused-ring (bicyclic) bond motifs is 6. The molecule has 2 nitrogen and oxygen atoms in total. The van der Waals surface area contributed by atoms with E-state index in [0.29, 0.717) is 6.04 Å². The molecule has 0 bridgehead atoms. The van der Waals surface area contributed by atoms with Crippen LogP contribution in [0.15, 0.2) is 103 Å². The molecule has 1 unspecified atom stereocenters. The number of hydrogen-bond acceptors (Lipinski definition) is 2. The van der Waals surface area contributed by atoms with Gasteiger partial charge in [0.25, 0.3) is 0 Å². The number of benzene rings is 4. The van der Waals surface area contributed by atoms with Gasteiger partial charge in [0.2, 0.25) is 0 Å². The lowest BCUT2D eigenvalue weighted by Gasteiger charge is -2.42. The van der Waals surface area contributed by atoms with Gasteiger partial charge < -0.3 is 10.2 Å². The molecule has 5 aromatic rings. The number of nitrogens with one attached hydrogen (secondary N) is 1. The topological polar surface area (TPSA) is 15.3 Å². The Labute approximate surface area is 229 Å². The first-order valence-electron chi connectivity index (χ1n) is 13.7. The summed E-state index contributed by atoms with van der Waals surface area (Å²) >= 11 is 0. The van der Waals surface area contributed by atoms with E-state index in [-0.39, 0.29) is 5.41 Å². The van der Waals surface area contributed by atoms with E-state index in [9.17, 15) is 0 Å². The molecule has 0 fully saturated rings. The van der Waals surface area contributed by atoms with Crippen molar-refractivity contribution >= 4 is 34.4 Å². The van der Waals surface area contributed by atoms with Crippen molar-refractivity contribution in [2.75, 3.05) is 10.2 Å². The van der Waals surface area contributed by atoms with Crippen molar-refractivity contribution in [2.24, 2.45) is 0 Å². The van der Waals surface area contributed by atoms with Gasteiger partial charge in [-0.3, -0.25) is 0 Å². The number of nitrogens with zero attached hydrogens (tertiary/aromatic N) is 1. The number of anilines is 4. The van der Waals surface area contributed by atoms with Crippen LogP contribution in [0.4, 0.5) is 22.7 Å². The molecule has 0 amide bonds. The zero-order valence-electron chi connectivity index (χ0n) is 22.1. The van der Waals surface area contributed by atoms with Crippen molar-refractivity contribution in [3.63, 3.8) is 0 Å². The summed E-state index contributed by atoms with van der Waals surface area (Å²) in [6, 6.07) is 44.1. The average Bonchev–Trinajstić information content (AvgIpc) is 3.36. The van der Waals surface area contributed by atoms with Crippen LogP contribution in [0.5, 0.6) is 0 Å². The van der Waals surface area contributed by atoms with E-state index in [1.807, 2.05) is 12.1 Å². The first kappa shape index (κ1) is 22.3. The summed E-state index contributed by atoms with van der Waals surface area (Å²) < 4.78 is 0. The van der Waals surface area contributed by atoms with Gasteiger partial charge in [0.1, 0.15) is 0 Å². The first-order valence-corrected chi connectivity index (χ1v) is 13.7. The van der Waals surface area contributed by atoms with Crippen LogP contribution in [0, 0.1) is 12.1 Å². The van der Waals surface area contributed by atoms with Gasteiger partial charge >= 0.3 is 0 Å². The van der Waals surface area contributed by atoms with Crippen LogP contribution >= 0.6 is 0 Å². The molecule has 1 N–H and O–H groups in total. The van der Waals surface area contributed by atoms with Gasteiger partial charge in [-0.05, 0) is 87.1 Å². The standard InChI is InChI=1S/C37H28N2/c1-37(2)30-14-8-9-15-34(30)39(27-11-4-3-5-12-27)35-21-18-26(23-31(35)37)25-17-19-32-29(22-25)36-28-13-7-6-10-24(28)16-20-33(36)38-32/h4,6-19,21-23,33,38H,20H2,1-2H3. The lowest BCUT2D eigenvalue weighted by atomic mass is 9.73. The van der Waals surface area contributed by atoms with E-state index >= 15 is 0 Å². The molecule has 2 heterocycles. The van der Waals surface area contributed by atoms with E-state index in [1.165, 1.54) is 60.9 Å². The Hall–Kier alpha value is -4.74. The van der Waals surface area contributed by atoms with Crippen LogP contribution < -0.4 is 20.7 Å². The zero-order chi connectivity index (χ0) is 26.1. The molecule has 5 aromatic carbocycles. The van der Waals surface area contributed by atoms with Gasteiger partial charge in [-0.2, -0.15) is 0 Å². The predicted octanol–water partition coefficient (Wildman–Crippen LogP) is 7.24. The molecule has 0 saturated heterocycles. The van der Waals surface area contributed by atoms with Crippen LogP contribution in [0.1, 0.15) is 37.0 Å². The van der Waals surface area contributed by atoms with E-state index in [1.54, 1.807) is 0 Å². The van der Waals surface area contributed by atoms with Crippen LogP contribution in [0.25, 0.3) is 22.8 Å². The molecule has 8 rings (SSSR count). The summed E-state index contributed by atoms with van der Waals surface area (Å²) in [6.07, 6.45) is 3.38. The smallest absolute Gasteiger partial charge is 0.0561 e. The quantitative estimate of drug-likeness (QED) is 0.275. The Bertz CT molecular complexity index is 1900. The Morgan fingerprint density at radius 1 is 0.795 bits per heavy atom. The molecule has 0 spiro atoms. The minimum atomic E-state index is -0.140. The summed E-state index contributed by atoms with van der Waals surface area (Å²) in [5.74, 6) is 0. The van der Waals surface area contributed by atoms with Gasteiger partial charge in [0.15, 0.2) is 0 Å².